The molecule has 0 unspecified atom stereocenters. The summed E-state index contributed by atoms with van der Waals surface area (Å²) in [6, 6.07) is 12.5. The Morgan fingerprint density at radius 2 is 1.84 bits per heavy atom. The zero-order chi connectivity index (χ0) is 23.3. The Kier molecular flexibility index (Phi) is 7.59. The molecular weight excluding hydrogens is 535 g/mol. The van der Waals surface area contributed by atoms with Crippen LogP contribution in [0.2, 0.25) is 0 Å². The van der Waals surface area contributed by atoms with E-state index in [0.29, 0.717) is 9.26 Å². The standard InChI is InChI=1S/C22H18F2IN3O4/c23-12-8-18(28-17-5-4-13(25)10-16(17)24)21(22(26)31)19(9-12)32-15-3-1-2-14(11-15)27-20(30)6-7-29/h1-5,8-11,28-29H,6-7H2,(H2,26,31)(H,27,30). The summed E-state index contributed by atoms with van der Waals surface area (Å²) in [4.78, 5) is 23.8. The predicted octanol–water partition coefficient (Wildman–Crippen LogP) is 4.53. The molecule has 7 nitrogen and oxygen atoms in total. The summed E-state index contributed by atoms with van der Waals surface area (Å²) in [7, 11) is 0. The molecule has 10 heteroatoms. The van der Waals surface area contributed by atoms with E-state index < -0.39 is 23.4 Å². The number of ether oxygens (including phenoxy) is 1. The lowest BCUT2D eigenvalue weighted by atomic mass is 10.1. The lowest BCUT2D eigenvalue weighted by molar-refractivity contribution is -0.116. The zero-order valence-corrected chi connectivity index (χ0v) is 18.7. The number of halogens is 3. The number of nitrogens with one attached hydrogen (secondary N) is 2. The Morgan fingerprint density at radius 1 is 1.06 bits per heavy atom. The van der Waals surface area contributed by atoms with Crippen molar-refractivity contribution in [2.24, 2.45) is 5.73 Å². The van der Waals surface area contributed by atoms with Crippen LogP contribution in [0.1, 0.15) is 16.8 Å². The van der Waals surface area contributed by atoms with Gasteiger partial charge in [-0.15, -0.1) is 0 Å². The largest absolute Gasteiger partial charge is 0.456 e. The van der Waals surface area contributed by atoms with Crippen LogP contribution in [0.3, 0.4) is 0 Å². The molecule has 0 aliphatic carbocycles. The molecule has 0 radical (unpaired) electrons. The highest BCUT2D eigenvalue weighted by Crippen LogP contribution is 2.34. The van der Waals surface area contributed by atoms with Crippen LogP contribution in [0.4, 0.5) is 25.8 Å². The summed E-state index contributed by atoms with van der Waals surface area (Å²) in [5.41, 5.74) is 5.65. The average molecular weight is 553 g/mol. The molecule has 0 aliphatic rings. The minimum Gasteiger partial charge on any atom is -0.456 e. The lowest BCUT2D eigenvalue weighted by Gasteiger charge is -2.16. The Morgan fingerprint density at radius 3 is 2.53 bits per heavy atom. The third-order valence-electron chi connectivity index (χ3n) is 4.20. The fourth-order valence-electron chi connectivity index (χ4n) is 2.84. The number of benzene rings is 3. The zero-order valence-electron chi connectivity index (χ0n) is 16.5. The van der Waals surface area contributed by atoms with Gasteiger partial charge in [0.15, 0.2) is 0 Å². The molecule has 0 saturated carbocycles. The van der Waals surface area contributed by atoms with Crippen LogP contribution < -0.4 is 21.1 Å². The van der Waals surface area contributed by atoms with E-state index in [1.54, 1.807) is 18.2 Å². The molecule has 32 heavy (non-hydrogen) atoms. The number of primary amides is 1. The molecule has 5 N–H and O–H groups in total. The molecule has 0 bridgehead atoms. The highest BCUT2D eigenvalue weighted by Gasteiger charge is 2.19. The number of carbonyl (C=O) groups excluding carboxylic acids is 2. The number of anilines is 3. The minimum atomic E-state index is -0.916. The molecule has 0 fully saturated rings. The molecular formula is C22H18F2IN3O4. The van der Waals surface area contributed by atoms with Crippen molar-refractivity contribution in [2.75, 3.05) is 17.2 Å². The molecule has 3 aromatic carbocycles. The van der Waals surface area contributed by atoms with Crippen molar-refractivity contribution in [1.29, 1.82) is 0 Å². The fourth-order valence-corrected chi connectivity index (χ4v) is 3.29. The van der Waals surface area contributed by atoms with E-state index in [0.717, 1.165) is 12.1 Å². The van der Waals surface area contributed by atoms with Gasteiger partial charge in [0, 0.05) is 21.4 Å². The van der Waals surface area contributed by atoms with Crippen LogP contribution in [0.5, 0.6) is 11.5 Å². The first-order valence-electron chi connectivity index (χ1n) is 9.31. The fraction of sp³-hybridized carbons (Fsp3) is 0.0909. The van der Waals surface area contributed by atoms with Crippen molar-refractivity contribution < 1.29 is 28.2 Å². The van der Waals surface area contributed by atoms with Gasteiger partial charge in [-0.25, -0.2) is 8.78 Å². The van der Waals surface area contributed by atoms with Crippen molar-refractivity contribution in [2.45, 2.75) is 6.42 Å². The molecule has 0 heterocycles. The number of carbonyl (C=O) groups is 2. The van der Waals surface area contributed by atoms with Crippen molar-refractivity contribution >= 4 is 51.5 Å². The van der Waals surface area contributed by atoms with E-state index in [9.17, 15) is 18.4 Å². The quantitative estimate of drug-likeness (QED) is 0.307. The molecule has 166 valence electrons. The normalized spacial score (nSPS) is 10.5. The minimum absolute atomic E-state index is 0.0260. The SMILES string of the molecule is NC(=O)c1c(Nc2ccc(I)cc2F)cc(F)cc1Oc1cccc(NC(=O)CCO)c1. The number of aliphatic hydroxyl groups is 1. The lowest BCUT2D eigenvalue weighted by Crippen LogP contribution is -2.15. The molecule has 0 saturated heterocycles. The number of hydrogen-bond acceptors (Lipinski definition) is 5. The van der Waals surface area contributed by atoms with E-state index >= 15 is 0 Å². The first kappa shape index (κ1) is 23.4. The number of amides is 2. The molecule has 0 spiro atoms. The monoisotopic (exact) mass is 553 g/mol. The maximum Gasteiger partial charge on any atom is 0.254 e. The van der Waals surface area contributed by atoms with E-state index in [4.69, 9.17) is 15.6 Å². The molecule has 3 rings (SSSR count). The molecule has 0 atom stereocenters. The summed E-state index contributed by atoms with van der Waals surface area (Å²) in [5, 5.41) is 14.1. The van der Waals surface area contributed by atoms with Crippen molar-refractivity contribution in [3.8, 4) is 11.5 Å². The van der Waals surface area contributed by atoms with Gasteiger partial charge in [0.05, 0.1) is 24.4 Å². The topological polar surface area (TPSA) is 114 Å². The van der Waals surface area contributed by atoms with E-state index in [2.05, 4.69) is 10.6 Å². The van der Waals surface area contributed by atoms with E-state index in [1.165, 1.54) is 24.3 Å². The Balaban J connectivity index is 1.95. The van der Waals surface area contributed by atoms with Crippen LogP contribution in [0, 0.1) is 15.2 Å². The van der Waals surface area contributed by atoms with Crippen LogP contribution in [0.25, 0.3) is 0 Å². The van der Waals surface area contributed by atoms with Gasteiger partial charge < -0.3 is 26.2 Å². The van der Waals surface area contributed by atoms with Crippen molar-refractivity contribution in [3.05, 3.63) is 75.4 Å². The van der Waals surface area contributed by atoms with Crippen molar-refractivity contribution in [3.63, 3.8) is 0 Å². The van der Waals surface area contributed by atoms with Crippen LogP contribution in [-0.2, 0) is 4.79 Å². The van der Waals surface area contributed by atoms with E-state index in [-0.39, 0.29) is 41.5 Å². The second-order valence-corrected chi connectivity index (χ2v) is 7.84. The van der Waals surface area contributed by atoms with Gasteiger partial charge in [0.25, 0.3) is 5.91 Å². The van der Waals surface area contributed by atoms with Crippen molar-refractivity contribution in [1.82, 2.24) is 0 Å². The number of nitrogens with two attached hydrogens (primary N) is 1. The first-order chi connectivity index (χ1) is 15.3. The van der Waals surface area contributed by atoms with Gasteiger partial charge in [-0.2, -0.15) is 0 Å². The molecule has 2 amide bonds. The van der Waals surface area contributed by atoms with Gasteiger partial charge in [-0.1, -0.05) is 6.07 Å². The van der Waals surface area contributed by atoms with Crippen LogP contribution >= 0.6 is 22.6 Å². The maximum absolute atomic E-state index is 14.3. The summed E-state index contributed by atoms with van der Waals surface area (Å²) in [5.74, 6) is -2.66. The molecule has 3 aromatic rings. The number of rotatable bonds is 8. The van der Waals surface area contributed by atoms with Gasteiger partial charge in [0.2, 0.25) is 5.91 Å². The van der Waals surface area contributed by atoms with Crippen LogP contribution in [0.15, 0.2) is 54.6 Å². The second kappa shape index (κ2) is 10.4. The third-order valence-corrected chi connectivity index (χ3v) is 4.87. The maximum atomic E-state index is 14.3. The summed E-state index contributed by atoms with van der Waals surface area (Å²) in [6.07, 6.45) is -0.0784. The smallest absolute Gasteiger partial charge is 0.254 e. The van der Waals surface area contributed by atoms with Gasteiger partial charge >= 0.3 is 0 Å². The van der Waals surface area contributed by atoms with Crippen LogP contribution in [-0.4, -0.2) is 23.5 Å². The third kappa shape index (κ3) is 5.92. The van der Waals surface area contributed by atoms with Gasteiger partial charge in [0.1, 0.15) is 28.7 Å². The highest BCUT2D eigenvalue weighted by atomic mass is 127. The van der Waals surface area contributed by atoms with Gasteiger partial charge in [-0.05, 0) is 59.0 Å². The molecule has 0 aromatic heterocycles. The first-order valence-corrected chi connectivity index (χ1v) is 10.4. The summed E-state index contributed by atoms with van der Waals surface area (Å²) < 4.78 is 34.9. The number of aliphatic hydroxyl groups excluding tert-OH is 1. The Hall–Kier alpha value is -3.25. The predicted molar refractivity (Wildman–Crippen MR) is 124 cm³/mol. The molecule has 0 aliphatic heterocycles. The summed E-state index contributed by atoms with van der Waals surface area (Å²) >= 11 is 1.95. The second-order valence-electron chi connectivity index (χ2n) is 6.59. The summed E-state index contributed by atoms with van der Waals surface area (Å²) in [6.45, 7) is -0.301. The average Bonchev–Trinajstić information content (AvgIpc) is 2.70. The van der Waals surface area contributed by atoms with E-state index in [1.807, 2.05) is 22.6 Å². The Labute approximate surface area is 195 Å². The Bertz CT molecular complexity index is 1170. The van der Waals surface area contributed by atoms with Gasteiger partial charge in [-0.3, -0.25) is 9.59 Å². The highest BCUT2D eigenvalue weighted by molar-refractivity contribution is 14.1. The number of hydrogen-bond donors (Lipinski definition) is 4.